The average molecular weight is 137 g/mol. The molecule has 2 nitrogen and oxygen atoms in total. The van der Waals surface area contributed by atoms with Crippen LogP contribution in [0.1, 0.15) is 13.8 Å². The third kappa shape index (κ3) is 3.76. The summed E-state index contributed by atoms with van der Waals surface area (Å²) in [6, 6.07) is 0. The second-order valence-electron chi connectivity index (χ2n) is 1.58. The number of hydrogen-bond donors (Lipinski definition) is 2. The summed E-state index contributed by atoms with van der Waals surface area (Å²) in [5, 5.41) is 8.40. The Morgan fingerprint density at radius 2 is 2.10 bits per heavy atom. The summed E-state index contributed by atoms with van der Waals surface area (Å²) >= 11 is 0. The van der Waals surface area contributed by atoms with Gasteiger partial charge in [0.2, 0.25) is 0 Å². The predicted octanol–water partition coefficient (Wildman–Crippen LogP) is 1.76. The van der Waals surface area contributed by atoms with Crippen LogP contribution in [0, 0.1) is 0 Å². The maximum atomic E-state index is 8.40. The summed E-state index contributed by atoms with van der Waals surface area (Å²) in [7, 11) is 0. The Bertz CT molecular complexity index is 203. The average Bonchev–Trinajstić information content (AvgIpc) is 1.99. The zero-order chi connectivity index (χ0) is 7.82. The van der Waals surface area contributed by atoms with Crippen LogP contribution < -0.4 is 5.48 Å². The van der Waals surface area contributed by atoms with Crippen molar-refractivity contribution in [2.24, 2.45) is 0 Å². The van der Waals surface area contributed by atoms with Gasteiger partial charge >= 0.3 is 0 Å². The molecule has 0 radical (unpaired) electrons. The molecular weight excluding hydrogens is 126 g/mol. The highest BCUT2D eigenvalue weighted by Gasteiger charge is 1.79. The lowest BCUT2D eigenvalue weighted by atomic mass is 10.4. The van der Waals surface area contributed by atoms with Crippen molar-refractivity contribution in [3.8, 4) is 0 Å². The SMILES string of the molecule is CC=C=C=C/C(=C\C)NO. The molecule has 0 saturated carbocycles. The van der Waals surface area contributed by atoms with Gasteiger partial charge in [-0.1, -0.05) is 17.5 Å². The fourth-order valence-electron chi connectivity index (χ4n) is 0.383. The molecule has 0 aliphatic rings. The molecule has 0 aliphatic heterocycles. The molecule has 0 bridgehead atoms. The van der Waals surface area contributed by atoms with Crippen LogP contribution in [0.25, 0.3) is 0 Å². The Morgan fingerprint density at radius 3 is 2.50 bits per heavy atom. The Balaban J connectivity index is 4.26. The Hall–Kier alpha value is -1.20. The standard InChI is InChI=1S/C8H11NO/c1-3-5-6-7-8(4-2)9-10/h3-4,7,9-10H,1-2H3/b7-3?,8-4+. The van der Waals surface area contributed by atoms with E-state index in [1.807, 2.05) is 19.3 Å². The molecule has 10 heavy (non-hydrogen) atoms. The lowest BCUT2D eigenvalue weighted by Crippen LogP contribution is -2.02. The van der Waals surface area contributed by atoms with Crippen LogP contribution in [0.4, 0.5) is 0 Å². The summed E-state index contributed by atoms with van der Waals surface area (Å²) < 4.78 is 0. The quantitative estimate of drug-likeness (QED) is 0.345. The molecule has 0 rings (SSSR count). The topological polar surface area (TPSA) is 32.3 Å². The highest BCUT2D eigenvalue weighted by atomic mass is 16.5. The molecule has 0 atom stereocenters. The normalized spacial score (nSPS) is 9.30. The highest BCUT2D eigenvalue weighted by Crippen LogP contribution is 1.85. The molecule has 0 unspecified atom stereocenters. The molecule has 0 amide bonds. The summed E-state index contributed by atoms with van der Waals surface area (Å²) in [5.41, 5.74) is 8.05. The van der Waals surface area contributed by atoms with E-state index >= 15 is 0 Å². The molecule has 54 valence electrons. The van der Waals surface area contributed by atoms with Gasteiger partial charge in [-0.2, -0.15) is 0 Å². The van der Waals surface area contributed by atoms with Crippen molar-refractivity contribution in [3.63, 3.8) is 0 Å². The Morgan fingerprint density at radius 1 is 1.40 bits per heavy atom. The fourth-order valence-corrected chi connectivity index (χ4v) is 0.383. The summed E-state index contributed by atoms with van der Waals surface area (Å²) in [6.45, 7) is 3.66. The summed E-state index contributed by atoms with van der Waals surface area (Å²) in [5.74, 6) is 0. The van der Waals surface area contributed by atoms with E-state index < -0.39 is 0 Å². The first-order valence-corrected chi connectivity index (χ1v) is 3.03. The van der Waals surface area contributed by atoms with Crippen molar-refractivity contribution >= 4 is 0 Å². The van der Waals surface area contributed by atoms with E-state index in [2.05, 4.69) is 11.5 Å². The molecule has 0 aliphatic carbocycles. The van der Waals surface area contributed by atoms with Crippen molar-refractivity contribution in [1.82, 2.24) is 5.48 Å². The first-order valence-electron chi connectivity index (χ1n) is 3.03. The smallest absolute Gasteiger partial charge is 0.0642 e. The van der Waals surface area contributed by atoms with Crippen molar-refractivity contribution < 1.29 is 5.21 Å². The van der Waals surface area contributed by atoms with Gasteiger partial charge in [0.1, 0.15) is 0 Å². The van der Waals surface area contributed by atoms with Gasteiger partial charge in [-0.25, -0.2) is 0 Å². The molecule has 0 aromatic rings. The molecule has 2 heteroatoms. The molecule has 0 fully saturated rings. The molecule has 0 aromatic carbocycles. The largest absolute Gasteiger partial charge is 0.291 e. The summed E-state index contributed by atoms with van der Waals surface area (Å²) in [6.07, 6.45) is 5.06. The minimum atomic E-state index is 0.606. The maximum absolute atomic E-state index is 8.40. The third-order valence-corrected chi connectivity index (χ3v) is 0.895. The van der Waals surface area contributed by atoms with Crippen LogP contribution in [0.15, 0.2) is 35.4 Å². The van der Waals surface area contributed by atoms with Gasteiger partial charge in [0.25, 0.3) is 0 Å². The first-order chi connectivity index (χ1) is 4.85. The Labute approximate surface area is 60.8 Å². The van der Waals surface area contributed by atoms with Crippen molar-refractivity contribution in [3.05, 3.63) is 35.4 Å². The maximum Gasteiger partial charge on any atom is 0.0642 e. The van der Waals surface area contributed by atoms with Crippen LogP contribution in [0.3, 0.4) is 0 Å². The van der Waals surface area contributed by atoms with Crippen molar-refractivity contribution in [1.29, 1.82) is 0 Å². The van der Waals surface area contributed by atoms with E-state index in [1.165, 1.54) is 0 Å². The van der Waals surface area contributed by atoms with E-state index in [0.29, 0.717) is 5.70 Å². The number of hydroxylamine groups is 1. The third-order valence-electron chi connectivity index (χ3n) is 0.895. The van der Waals surface area contributed by atoms with Gasteiger partial charge in [0, 0.05) is 6.08 Å². The minimum absolute atomic E-state index is 0.606. The van der Waals surface area contributed by atoms with Crippen LogP contribution >= 0.6 is 0 Å². The summed E-state index contributed by atoms with van der Waals surface area (Å²) in [4.78, 5) is 0. The molecule has 0 heterocycles. The predicted molar refractivity (Wildman–Crippen MR) is 40.5 cm³/mol. The lowest BCUT2D eigenvalue weighted by Gasteiger charge is -1.91. The van der Waals surface area contributed by atoms with E-state index in [0.717, 1.165) is 0 Å². The zero-order valence-electron chi connectivity index (χ0n) is 6.18. The van der Waals surface area contributed by atoms with Gasteiger partial charge in [-0.3, -0.25) is 10.7 Å². The van der Waals surface area contributed by atoms with E-state index in [4.69, 9.17) is 5.21 Å². The number of hydrogen-bond acceptors (Lipinski definition) is 2. The number of nitrogens with one attached hydrogen (secondary N) is 1. The second kappa shape index (κ2) is 5.93. The lowest BCUT2D eigenvalue weighted by molar-refractivity contribution is 0.204. The van der Waals surface area contributed by atoms with Crippen molar-refractivity contribution in [2.45, 2.75) is 13.8 Å². The zero-order valence-corrected chi connectivity index (χ0v) is 6.18. The fraction of sp³-hybridized carbons (Fsp3) is 0.250. The van der Waals surface area contributed by atoms with Gasteiger partial charge < -0.3 is 0 Å². The molecule has 0 aromatic heterocycles. The Kier molecular flexibility index (Phi) is 5.22. The van der Waals surface area contributed by atoms with Crippen LogP contribution in [-0.2, 0) is 0 Å². The van der Waals surface area contributed by atoms with E-state index in [1.54, 1.807) is 18.2 Å². The molecule has 2 N–H and O–H groups in total. The van der Waals surface area contributed by atoms with Crippen LogP contribution in [0.2, 0.25) is 0 Å². The van der Waals surface area contributed by atoms with E-state index in [9.17, 15) is 0 Å². The number of allylic oxidation sites excluding steroid dienone is 3. The second-order valence-corrected chi connectivity index (χ2v) is 1.58. The molecular formula is C8H11NO. The van der Waals surface area contributed by atoms with Crippen LogP contribution in [0.5, 0.6) is 0 Å². The van der Waals surface area contributed by atoms with Gasteiger partial charge in [0.05, 0.1) is 5.70 Å². The first kappa shape index (κ1) is 8.80. The molecule has 0 saturated heterocycles. The minimum Gasteiger partial charge on any atom is -0.291 e. The highest BCUT2D eigenvalue weighted by molar-refractivity contribution is 5.13. The van der Waals surface area contributed by atoms with Crippen molar-refractivity contribution in [2.75, 3.05) is 0 Å². The van der Waals surface area contributed by atoms with Gasteiger partial charge in [-0.15, -0.1) is 0 Å². The van der Waals surface area contributed by atoms with Gasteiger partial charge in [0.15, 0.2) is 0 Å². The van der Waals surface area contributed by atoms with E-state index in [-0.39, 0.29) is 0 Å². The molecule has 0 spiro atoms. The number of rotatable bonds is 2. The monoisotopic (exact) mass is 137 g/mol. The van der Waals surface area contributed by atoms with Gasteiger partial charge in [-0.05, 0) is 19.9 Å². The van der Waals surface area contributed by atoms with Crippen LogP contribution in [-0.4, -0.2) is 5.21 Å².